The van der Waals surface area contributed by atoms with Crippen LogP contribution >= 0.6 is 22.6 Å². The monoisotopic (exact) mass is 576 g/mol. The number of ether oxygens (including phenoxy) is 1. The highest BCUT2D eigenvalue weighted by atomic mass is 127. The number of anilines is 3. The molecule has 0 fully saturated rings. The number of amides is 2. The molecule has 2 amide bonds. The van der Waals surface area contributed by atoms with Crippen molar-refractivity contribution >= 4 is 51.5 Å². The molecule has 1 heterocycles. The van der Waals surface area contributed by atoms with Crippen LogP contribution in [-0.2, 0) is 0 Å². The topological polar surface area (TPSA) is 119 Å². The molecule has 34 heavy (non-hydrogen) atoms. The Morgan fingerprint density at radius 2 is 1.85 bits per heavy atom. The predicted octanol–water partition coefficient (Wildman–Crippen LogP) is 5.44. The number of nitrogens with zero attached hydrogens (tertiary/aromatic N) is 1. The fraction of sp³-hybridized carbons (Fsp3) is 0. The molecule has 0 aliphatic carbocycles. The summed E-state index contributed by atoms with van der Waals surface area (Å²) < 4.78 is 39.8. The van der Waals surface area contributed by atoms with Crippen molar-refractivity contribution in [3.8, 4) is 11.5 Å². The van der Waals surface area contributed by atoms with Gasteiger partial charge in [0, 0.05) is 27.5 Å². The zero-order chi connectivity index (χ0) is 24.2. The van der Waals surface area contributed by atoms with Crippen molar-refractivity contribution in [1.29, 1.82) is 0 Å². The molecule has 11 heteroatoms. The average Bonchev–Trinajstić information content (AvgIpc) is 3.31. The molecule has 0 aliphatic rings. The molecule has 0 radical (unpaired) electrons. The Kier molecular flexibility index (Phi) is 6.72. The van der Waals surface area contributed by atoms with Gasteiger partial charge in [0.05, 0.1) is 11.4 Å². The van der Waals surface area contributed by atoms with E-state index in [2.05, 4.69) is 20.3 Å². The standard InChI is InChI=1S/C23H15F2IN4O4/c24-12-8-19(29-17-5-4-13(26)10-16(17)25)21(22(27)31)20(9-12)34-15-3-1-2-14(11-15)28-23(32)18-6-7-33-30-18/h1-11,29H,(H2,27,31)(H,28,32). The van der Waals surface area contributed by atoms with Crippen LogP contribution < -0.4 is 21.1 Å². The number of aromatic nitrogens is 1. The lowest BCUT2D eigenvalue weighted by Gasteiger charge is -2.16. The number of benzene rings is 3. The van der Waals surface area contributed by atoms with Crippen LogP contribution in [0.2, 0.25) is 0 Å². The third kappa shape index (κ3) is 5.31. The lowest BCUT2D eigenvalue weighted by atomic mass is 10.1. The van der Waals surface area contributed by atoms with Gasteiger partial charge in [0.2, 0.25) is 0 Å². The number of halogens is 3. The lowest BCUT2D eigenvalue weighted by molar-refractivity contribution is 0.0995. The quantitative estimate of drug-likeness (QED) is 0.252. The summed E-state index contributed by atoms with van der Waals surface area (Å²) in [5.41, 5.74) is 5.73. The maximum atomic E-state index is 14.4. The van der Waals surface area contributed by atoms with Gasteiger partial charge in [0.15, 0.2) is 5.69 Å². The van der Waals surface area contributed by atoms with E-state index in [1.54, 1.807) is 18.2 Å². The minimum atomic E-state index is -0.918. The summed E-state index contributed by atoms with van der Waals surface area (Å²) in [7, 11) is 0. The molecule has 0 saturated carbocycles. The average molecular weight is 576 g/mol. The van der Waals surface area contributed by atoms with E-state index in [-0.39, 0.29) is 34.1 Å². The molecule has 3 aromatic carbocycles. The number of hydrogen-bond donors (Lipinski definition) is 3. The molecule has 0 aliphatic heterocycles. The third-order valence-corrected chi connectivity index (χ3v) is 5.17. The van der Waals surface area contributed by atoms with E-state index < -0.39 is 23.4 Å². The number of nitrogens with two attached hydrogens (primary N) is 1. The summed E-state index contributed by atoms with van der Waals surface area (Å²) in [6, 6.07) is 13.9. The van der Waals surface area contributed by atoms with E-state index in [9.17, 15) is 18.4 Å². The number of nitrogens with one attached hydrogen (secondary N) is 2. The maximum Gasteiger partial charge on any atom is 0.277 e. The molecular weight excluding hydrogens is 561 g/mol. The minimum absolute atomic E-state index is 0.0250. The number of hydrogen-bond acceptors (Lipinski definition) is 6. The van der Waals surface area contributed by atoms with E-state index in [0.29, 0.717) is 9.26 Å². The Hall–Kier alpha value is -4.00. The van der Waals surface area contributed by atoms with Crippen molar-refractivity contribution in [2.75, 3.05) is 10.6 Å². The van der Waals surface area contributed by atoms with Crippen LogP contribution in [0.15, 0.2) is 71.4 Å². The van der Waals surface area contributed by atoms with Crippen molar-refractivity contribution in [2.45, 2.75) is 0 Å². The number of carbonyl (C=O) groups excluding carboxylic acids is 2. The molecule has 0 atom stereocenters. The Balaban J connectivity index is 1.64. The number of rotatable bonds is 7. The first-order valence-corrected chi connectivity index (χ1v) is 10.7. The molecule has 8 nitrogen and oxygen atoms in total. The van der Waals surface area contributed by atoms with Crippen LogP contribution in [0.4, 0.5) is 25.8 Å². The number of carbonyl (C=O) groups is 2. The molecule has 0 saturated heterocycles. The normalized spacial score (nSPS) is 10.6. The molecule has 0 unspecified atom stereocenters. The second kappa shape index (κ2) is 9.87. The first-order chi connectivity index (χ1) is 16.3. The Morgan fingerprint density at radius 3 is 2.56 bits per heavy atom. The molecule has 4 rings (SSSR count). The van der Waals surface area contributed by atoms with Crippen LogP contribution in [0, 0.1) is 15.2 Å². The summed E-state index contributed by atoms with van der Waals surface area (Å²) in [4.78, 5) is 24.4. The van der Waals surface area contributed by atoms with Crippen LogP contribution in [0.5, 0.6) is 11.5 Å². The molecular formula is C23H15F2IN4O4. The van der Waals surface area contributed by atoms with Crippen molar-refractivity contribution in [3.63, 3.8) is 0 Å². The fourth-order valence-electron chi connectivity index (χ4n) is 3.04. The zero-order valence-electron chi connectivity index (χ0n) is 17.1. The van der Waals surface area contributed by atoms with Crippen molar-refractivity contribution in [1.82, 2.24) is 5.16 Å². The van der Waals surface area contributed by atoms with E-state index in [0.717, 1.165) is 12.1 Å². The molecule has 172 valence electrons. The van der Waals surface area contributed by atoms with Crippen molar-refractivity contribution < 1.29 is 27.6 Å². The van der Waals surface area contributed by atoms with Crippen molar-refractivity contribution in [2.24, 2.45) is 5.73 Å². The highest BCUT2D eigenvalue weighted by molar-refractivity contribution is 14.1. The van der Waals surface area contributed by atoms with Gasteiger partial charge in [-0.2, -0.15) is 0 Å². The van der Waals surface area contributed by atoms with Gasteiger partial charge in [0.25, 0.3) is 11.8 Å². The van der Waals surface area contributed by atoms with Gasteiger partial charge < -0.3 is 25.6 Å². The molecule has 4 N–H and O–H groups in total. The van der Waals surface area contributed by atoms with Crippen LogP contribution in [0.3, 0.4) is 0 Å². The highest BCUT2D eigenvalue weighted by Gasteiger charge is 2.20. The van der Waals surface area contributed by atoms with E-state index in [4.69, 9.17) is 10.5 Å². The fourth-order valence-corrected chi connectivity index (χ4v) is 3.49. The lowest BCUT2D eigenvalue weighted by Crippen LogP contribution is -2.15. The van der Waals surface area contributed by atoms with Crippen LogP contribution in [0.25, 0.3) is 0 Å². The van der Waals surface area contributed by atoms with Gasteiger partial charge in [-0.05, 0) is 59.0 Å². The van der Waals surface area contributed by atoms with Crippen molar-refractivity contribution in [3.05, 3.63) is 93.4 Å². The Morgan fingerprint density at radius 1 is 1.03 bits per heavy atom. The summed E-state index contributed by atoms with van der Waals surface area (Å²) >= 11 is 1.95. The maximum absolute atomic E-state index is 14.4. The Bertz CT molecular complexity index is 1380. The first-order valence-electron chi connectivity index (χ1n) is 9.65. The zero-order valence-corrected chi connectivity index (χ0v) is 19.3. The van der Waals surface area contributed by atoms with Gasteiger partial charge in [-0.25, -0.2) is 8.78 Å². The first kappa shape index (κ1) is 23.2. The molecule has 4 aromatic rings. The minimum Gasteiger partial charge on any atom is -0.456 e. The SMILES string of the molecule is NC(=O)c1c(Nc2ccc(I)cc2F)cc(F)cc1Oc1cccc(NC(=O)c2ccon2)c1. The molecule has 0 spiro atoms. The smallest absolute Gasteiger partial charge is 0.277 e. The second-order valence-electron chi connectivity index (χ2n) is 6.91. The van der Waals surface area contributed by atoms with Gasteiger partial charge in [-0.1, -0.05) is 11.2 Å². The molecule has 0 bridgehead atoms. The summed E-state index contributed by atoms with van der Waals surface area (Å²) in [6.45, 7) is 0. The Labute approximate surface area is 205 Å². The third-order valence-electron chi connectivity index (χ3n) is 4.50. The van der Waals surface area contributed by atoms with E-state index in [1.807, 2.05) is 22.6 Å². The van der Waals surface area contributed by atoms with Crippen LogP contribution in [0.1, 0.15) is 20.8 Å². The predicted molar refractivity (Wildman–Crippen MR) is 128 cm³/mol. The van der Waals surface area contributed by atoms with Gasteiger partial charge in [-0.3, -0.25) is 9.59 Å². The summed E-state index contributed by atoms with van der Waals surface area (Å²) in [6.07, 6.45) is 1.26. The second-order valence-corrected chi connectivity index (χ2v) is 8.15. The molecule has 1 aromatic heterocycles. The van der Waals surface area contributed by atoms with Crippen LogP contribution in [-0.4, -0.2) is 17.0 Å². The van der Waals surface area contributed by atoms with Gasteiger partial charge in [0.1, 0.15) is 35.0 Å². The summed E-state index contributed by atoms with van der Waals surface area (Å²) in [5, 5.41) is 8.86. The summed E-state index contributed by atoms with van der Waals surface area (Å²) in [5.74, 6) is -2.79. The van der Waals surface area contributed by atoms with Gasteiger partial charge in [-0.15, -0.1) is 0 Å². The van der Waals surface area contributed by atoms with Gasteiger partial charge >= 0.3 is 0 Å². The highest BCUT2D eigenvalue weighted by Crippen LogP contribution is 2.35. The number of primary amides is 1. The largest absolute Gasteiger partial charge is 0.456 e. The van der Waals surface area contributed by atoms with E-state index >= 15 is 0 Å². The van der Waals surface area contributed by atoms with E-state index in [1.165, 1.54) is 36.6 Å².